The van der Waals surface area contributed by atoms with Crippen LogP contribution in [0.25, 0.3) is 0 Å². The van der Waals surface area contributed by atoms with Crippen LogP contribution in [-0.4, -0.2) is 5.91 Å². The minimum atomic E-state index is -0.0430. The van der Waals surface area contributed by atoms with Gasteiger partial charge in [0.25, 0.3) is 0 Å². The van der Waals surface area contributed by atoms with Gasteiger partial charge in [-0.25, -0.2) is 0 Å². The number of nitrogens with one attached hydrogen (secondary N) is 1. The molecule has 0 aromatic heterocycles. The van der Waals surface area contributed by atoms with E-state index in [0.717, 1.165) is 24.1 Å². The molecule has 0 saturated heterocycles. The molecule has 18 heavy (non-hydrogen) atoms. The van der Waals surface area contributed by atoms with E-state index in [2.05, 4.69) is 11.4 Å². The van der Waals surface area contributed by atoms with Gasteiger partial charge in [-0.1, -0.05) is 48.5 Å². The van der Waals surface area contributed by atoms with Crippen molar-refractivity contribution in [2.45, 2.75) is 18.8 Å². The zero-order valence-corrected chi connectivity index (χ0v) is 10.1. The van der Waals surface area contributed by atoms with Gasteiger partial charge in [0.2, 0.25) is 5.91 Å². The van der Waals surface area contributed by atoms with Crippen molar-refractivity contribution >= 4 is 11.6 Å². The van der Waals surface area contributed by atoms with E-state index in [4.69, 9.17) is 0 Å². The number of carbonyl (C=O) groups excluding carboxylic acids is 1. The molecule has 1 aliphatic rings. The van der Waals surface area contributed by atoms with Crippen molar-refractivity contribution in [3.63, 3.8) is 0 Å². The third-order valence-corrected chi connectivity index (χ3v) is 3.50. The van der Waals surface area contributed by atoms with E-state index in [1.807, 2.05) is 48.5 Å². The summed E-state index contributed by atoms with van der Waals surface area (Å²) in [6, 6.07) is 18.0. The number of amides is 1. The quantitative estimate of drug-likeness (QED) is 0.809. The Labute approximate surface area is 107 Å². The van der Waals surface area contributed by atoms with Crippen LogP contribution in [0.2, 0.25) is 0 Å². The maximum absolute atomic E-state index is 12.3. The third-order valence-electron chi connectivity index (χ3n) is 3.50. The Balaban J connectivity index is 1.92. The maximum atomic E-state index is 12.3. The molecule has 2 nitrogen and oxygen atoms in total. The fourth-order valence-corrected chi connectivity index (χ4v) is 2.51. The SMILES string of the molecule is O=C1Nc2ccccc2CC[C@H]1c1ccccc1. The lowest BCUT2D eigenvalue weighted by Crippen LogP contribution is -2.19. The number of hydrogen-bond acceptors (Lipinski definition) is 1. The molecule has 3 rings (SSSR count). The van der Waals surface area contributed by atoms with Crippen molar-refractivity contribution in [2.75, 3.05) is 5.32 Å². The van der Waals surface area contributed by atoms with Crippen molar-refractivity contribution in [3.8, 4) is 0 Å². The monoisotopic (exact) mass is 237 g/mol. The average molecular weight is 237 g/mol. The van der Waals surface area contributed by atoms with Crippen molar-refractivity contribution in [3.05, 3.63) is 65.7 Å². The molecule has 2 heteroatoms. The maximum Gasteiger partial charge on any atom is 0.231 e. The summed E-state index contributed by atoms with van der Waals surface area (Å²) < 4.78 is 0. The molecule has 1 aliphatic heterocycles. The van der Waals surface area contributed by atoms with Crippen LogP contribution in [0.4, 0.5) is 5.69 Å². The summed E-state index contributed by atoms with van der Waals surface area (Å²) in [7, 11) is 0. The van der Waals surface area contributed by atoms with Crippen molar-refractivity contribution in [1.29, 1.82) is 0 Å². The van der Waals surface area contributed by atoms with Crippen LogP contribution in [0, 0.1) is 0 Å². The van der Waals surface area contributed by atoms with Gasteiger partial charge in [0.1, 0.15) is 0 Å². The molecular formula is C16H15NO. The first-order valence-corrected chi connectivity index (χ1v) is 6.28. The summed E-state index contributed by atoms with van der Waals surface area (Å²) in [5.41, 5.74) is 3.29. The molecule has 90 valence electrons. The van der Waals surface area contributed by atoms with Gasteiger partial charge in [-0.2, -0.15) is 0 Å². The third kappa shape index (κ3) is 2.02. The van der Waals surface area contributed by atoms with Gasteiger partial charge in [-0.15, -0.1) is 0 Å². The standard InChI is InChI=1S/C16H15NO/c18-16-14(12-6-2-1-3-7-12)11-10-13-8-4-5-9-15(13)17-16/h1-9,14H,10-11H2,(H,17,18)/t14-/m0/s1. The minimum absolute atomic E-state index is 0.0430. The fourth-order valence-electron chi connectivity index (χ4n) is 2.51. The Hall–Kier alpha value is -2.09. The highest BCUT2D eigenvalue weighted by atomic mass is 16.1. The van der Waals surface area contributed by atoms with E-state index in [0.29, 0.717) is 0 Å². The van der Waals surface area contributed by atoms with Crippen LogP contribution >= 0.6 is 0 Å². The average Bonchev–Trinajstić information content (AvgIpc) is 2.58. The van der Waals surface area contributed by atoms with Crippen molar-refractivity contribution in [2.24, 2.45) is 0 Å². The molecule has 1 amide bonds. The molecule has 1 N–H and O–H groups in total. The van der Waals surface area contributed by atoms with E-state index >= 15 is 0 Å². The lowest BCUT2D eigenvalue weighted by molar-refractivity contribution is -0.117. The fraction of sp³-hybridized carbons (Fsp3) is 0.188. The molecule has 0 unspecified atom stereocenters. The molecular weight excluding hydrogens is 222 g/mol. The lowest BCUT2D eigenvalue weighted by atomic mass is 9.93. The number of carbonyl (C=O) groups is 1. The van der Waals surface area contributed by atoms with Crippen molar-refractivity contribution in [1.82, 2.24) is 0 Å². The Bertz CT molecular complexity index is 562. The Morgan fingerprint density at radius 2 is 1.67 bits per heavy atom. The first-order valence-electron chi connectivity index (χ1n) is 6.28. The van der Waals surface area contributed by atoms with Crippen LogP contribution < -0.4 is 5.32 Å². The highest BCUT2D eigenvalue weighted by molar-refractivity contribution is 5.97. The first kappa shape index (κ1) is 11.0. The Kier molecular flexibility index (Phi) is 2.85. The molecule has 2 aromatic rings. The molecule has 2 aromatic carbocycles. The number of rotatable bonds is 1. The highest BCUT2D eigenvalue weighted by Crippen LogP contribution is 2.29. The van der Waals surface area contributed by atoms with Gasteiger partial charge < -0.3 is 5.32 Å². The van der Waals surface area contributed by atoms with Crippen LogP contribution in [0.1, 0.15) is 23.5 Å². The molecule has 0 saturated carbocycles. The Morgan fingerprint density at radius 1 is 0.944 bits per heavy atom. The van der Waals surface area contributed by atoms with Crippen LogP contribution in [-0.2, 0) is 11.2 Å². The van der Waals surface area contributed by atoms with Crippen LogP contribution in [0.3, 0.4) is 0 Å². The second-order valence-electron chi connectivity index (χ2n) is 4.65. The van der Waals surface area contributed by atoms with E-state index in [1.165, 1.54) is 5.56 Å². The largest absolute Gasteiger partial charge is 0.325 e. The molecule has 1 atom stereocenters. The number of hydrogen-bond donors (Lipinski definition) is 1. The predicted molar refractivity (Wildman–Crippen MR) is 72.6 cm³/mol. The molecule has 0 radical (unpaired) electrons. The van der Waals surface area contributed by atoms with E-state index in [-0.39, 0.29) is 11.8 Å². The number of anilines is 1. The topological polar surface area (TPSA) is 29.1 Å². The summed E-state index contributed by atoms with van der Waals surface area (Å²) in [5, 5.41) is 3.03. The predicted octanol–water partition coefficient (Wildman–Crippen LogP) is 3.36. The Morgan fingerprint density at radius 3 is 2.50 bits per heavy atom. The van der Waals surface area contributed by atoms with Gasteiger partial charge in [0, 0.05) is 5.69 Å². The summed E-state index contributed by atoms with van der Waals surface area (Å²) in [6.07, 6.45) is 1.81. The number of benzene rings is 2. The molecule has 0 fully saturated rings. The normalized spacial score (nSPS) is 18.7. The van der Waals surface area contributed by atoms with Gasteiger partial charge in [0.15, 0.2) is 0 Å². The van der Waals surface area contributed by atoms with Crippen molar-refractivity contribution < 1.29 is 4.79 Å². The highest BCUT2D eigenvalue weighted by Gasteiger charge is 2.24. The molecule has 0 aliphatic carbocycles. The summed E-state index contributed by atoms with van der Waals surface area (Å²) >= 11 is 0. The smallest absolute Gasteiger partial charge is 0.231 e. The summed E-state index contributed by atoms with van der Waals surface area (Å²) in [6.45, 7) is 0. The second-order valence-corrected chi connectivity index (χ2v) is 4.65. The number of aryl methyl sites for hydroxylation is 1. The lowest BCUT2D eigenvalue weighted by Gasteiger charge is -2.13. The van der Waals surface area contributed by atoms with Gasteiger partial charge in [-0.3, -0.25) is 4.79 Å². The number of para-hydroxylation sites is 1. The van der Waals surface area contributed by atoms with E-state index < -0.39 is 0 Å². The zero-order chi connectivity index (χ0) is 12.4. The second kappa shape index (κ2) is 4.65. The molecule has 0 bridgehead atoms. The summed E-state index contributed by atoms with van der Waals surface area (Å²) in [4.78, 5) is 12.3. The summed E-state index contributed by atoms with van der Waals surface area (Å²) in [5.74, 6) is 0.0600. The van der Waals surface area contributed by atoms with Gasteiger partial charge in [-0.05, 0) is 30.0 Å². The van der Waals surface area contributed by atoms with E-state index in [1.54, 1.807) is 0 Å². The molecule has 1 heterocycles. The zero-order valence-electron chi connectivity index (χ0n) is 10.1. The minimum Gasteiger partial charge on any atom is -0.325 e. The van der Waals surface area contributed by atoms with Gasteiger partial charge in [0.05, 0.1) is 5.92 Å². The van der Waals surface area contributed by atoms with Crippen LogP contribution in [0.15, 0.2) is 54.6 Å². The van der Waals surface area contributed by atoms with E-state index in [9.17, 15) is 4.79 Å². The molecule has 0 spiro atoms. The van der Waals surface area contributed by atoms with Gasteiger partial charge >= 0.3 is 0 Å². The van der Waals surface area contributed by atoms with Crippen LogP contribution in [0.5, 0.6) is 0 Å². The first-order chi connectivity index (χ1) is 8.84. The number of fused-ring (bicyclic) bond motifs is 1.